The molecule has 1 fully saturated rings. The van der Waals surface area contributed by atoms with E-state index in [0.717, 1.165) is 50.5 Å². The lowest BCUT2D eigenvalue weighted by Crippen LogP contribution is -2.33. The van der Waals surface area contributed by atoms with E-state index in [1.54, 1.807) is 0 Å². The first-order chi connectivity index (χ1) is 19.3. The number of nitrogens with zero attached hydrogens (tertiary/aromatic N) is 2. The van der Waals surface area contributed by atoms with Crippen LogP contribution in [-0.2, 0) is 31.5 Å². The standard InChI is InChI=1S/C37H48N2O/c1-37(2,3)35-15-7-13-31(24-35)27-38-22-19-29(20-23-38)12-8-16-36(40)33-18-17-32-14-9-21-39(28-34(32)25-33)26-30-10-5-4-6-11-30/h4-7,10-11,13,15,17-18,24-25,29H,8-9,12,14,16,19-23,26-28H2,1-3H3. The Balaban J connectivity index is 1.07. The smallest absolute Gasteiger partial charge is 0.162 e. The third-order valence-electron chi connectivity index (χ3n) is 9.01. The quantitative estimate of drug-likeness (QED) is 0.258. The van der Waals surface area contributed by atoms with Gasteiger partial charge in [0.15, 0.2) is 5.78 Å². The summed E-state index contributed by atoms with van der Waals surface area (Å²) in [4.78, 5) is 18.3. The molecule has 0 aromatic heterocycles. The van der Waals surface area contributed by atoms with Crippen LogP contribution in [0.15, 0.2) is 72.8 Å². The van der Waals surface area contributed by atoms with E-state index in [4.69, 9.17) is 0 Å². The minimum Gasteiger partial charge on any atom is -0.299 e. The Labute approximate surface area is 242 Å². The van der Waals surface area contributed by atoms with Crippen LogP contribution in [0.1, 0.15) is 97.5 Å². The van der Waals surface area contributed by atoms with Gasteiger partial charge in [0, 0.05) is 31.6 Å². The van der Waals surface area contributed by atoms with E-state index in [-0.39, 0.29) is 5.41 Å². The molecule has 0 unspecified atom stereocenters. The molecular weight excluding hydrogens is 488 g/mol. The van der Waals surface area contributed by atoms with Gasteiger partial charge in [0.05, 0.1) is 0 Å². The zero-order chi connectivity index (χ0) is 28.0. The number of hydrogen-bond acceptors (Lipinski definition) is 3. The van der Waals surface area contributed by atoms with Crippen molar-refractivity contribution in [1.82, 2.24) is 9.80 Å². The topological polar surface area (TPSA) is 23.6 Å². The second-order valence-electron chi connectivity index (χ2n) is 13.3. The summed E-state index contributed by atoms with van der Waals surface area (Å²) in [7, 11) is 0. The monoisotopic (exact) mass is 536 g/mol. The Morgan fingerprint density at radius 3 is 2.33 bits per heavy atom. The van der Waals surface area contributed by atoms with Gasteiger partial charge in [-0.3, -0.25) is 14.6 Å². The number of rotatable bonds is 9. The summed E-state index contributed by atoms with van der Waals surface area (Å²) >= 11 is 0. The minimum atomic E-state index is 0.196. The number of carbonyl (C=O) groups is 1. The fraction of sp³-hybridized carbons (Fsp3) is 0.486. The lowest BCUT2D eigenvalue weighted by molar-refractivity contribution is 0.0973. The van der Waals surface area contributed by atoms with Crippen molar-refractivity contribution in [2.24, 2.45) is 5.92 Å². The summed E-state index contributed by atoms with van der Waals surface area (Å²) in [5.41, 5.74) is 8.08. The van der Waals surface area contributed by atoms with Gasteiger partial charge >= 0.3 is 0 Å². The molecule has 0 spiro atoms. The molecule has 0 aliphatic carbocycles. The van der Waals surface area contributed by atoms with Crippen molar-refractivity contribution in [3.63, 3.8) is 0 Å². The zero-order valence-electron chi connectivity index (χ0n) is 25.0. The number of Topliss-reactive ketones (excluding diaryl/α,β-unsaturated/α-hetero) is 1. The van der Waals surface area contributed by atoms with Crippen molar-refractivity contribution < 1.29 is 4.79 Å². The lowest BCUT2D eigenvalue weighted by Gasteiger charge is -2.32. The van der Waals surface area contributed by atoms with Gasteiger partial charge in [0.25, 0.3) is 0 Å². The van der Waals surface area contributed by atoms with E-state index in [1.165, 1.54) is 66.6 Å². The van der Waals surface area contributed by atoms with Crippen LogP contribution in [0.3, 0.4) is 0 Å². The highest BCUT2D eigenvalue weighted by Gasteiger charge is 2.21. The molecule has 212 valence electrons. The molecule has 0 amide bonds. The van der Waals surface area contributed by atoms with Crippen molar-refractivity contribution in [2.45, 2.75) is 90.8 Å². The molecule has 3 aromatic rings. The van der Waals surface area contributed by atoms with Crippen LogP contribution in [-0.4, -0.2) is 35.2 Å². The molecule has 2 heterocycles. The molecule has 2 aliphatic heterocycles. The summed E-state index contributed by atoms with van der Waals surface area (Å²) < 4.78 is 0. The maximum atomic E-state index is 13.2. The van der Waals surface area contributed by atoms with Crippen LogP contribution in [0.5, 0.6) is 0 Å². The third kappa shape index (κ3) is 7.92. The first kappa shape index (κ1) is 28.8. The van der Waals surface area contributed by atoms with Gasteiger partial charge in [-0.15, -0.1) is 0 Å². The first-order valence-corrected chi connectivity index (χ1v) is 15.6. The molecule has 3 aromatic carbocycles. The van der Waals surface area contributed by atoms with Crippen LogP contribution in [0.25, 0.3) is 0 Å². The van der Waals surface area contributed by atoms with Crippen molar-refractivity contribution >= 4 is 5.78 Å². The van der Waals surface area contributed by atoms with Gasteiger partial charge in [-0.25, -0.2) is 0 Å². The highest BCUT2D eigenvalue weighted by Crippen LogP contribution is 2.27. The SMILES string of the molecule is CC(C)(C)c1cccc(CN2CCC(CCCC(=O)c3ccc4c(c3)CN(Cc3ccccc3)CCC4)CC2)c1. The van der Waals surface area contributed by atoms with Crippen molar-refractivity contribution in [3.05, 3.63) is 106 Å². The molecule has 3 heteroatoms. The van der Waals surface area contributed by atoms with Crippen LogP contribution in [0, 0.1) is 5.92 Å². The fourth-order valence-corrected chi connectivity index (χ4v) is 6.50. The molecule has 0 radical (unpaired) electrons. The van der Waals surface area contributed by atoms with E-state index in [9.17, 15) is 4.79 Å². The second-order valence-corrected chi connectivity index (χ2v) is 13.3. The third-order valence-corrected chi connectivity index (χ3v) is 9.01. The van der Waals surface area contributed by atoms with Crippen LogP contribution in [0.4, 0.5) is 0 Å². The summed E-state index contributed by atoms with van der Waals surface area (Å²) in [5, 5.41) is 0. The zero-order valence-corrected chi connectivity index (χ0v) is 25.0. The average Bonchev–Trinajstić information content (AvgIpc) is 3.15. The average molecular weight is 537 g/mol. The number of benzene rings is 3. The molecule has 1 saturated heterocycles. The Bertz CT molecular complexity index is 1250. The summed E-state index contributed by atoms with van der Waals surface area (Å²) in [6.45, 7) is 13.3. The first-order valence-electron chi connectivity index (χ1n) is 15.6. The largest absolute Gasteiger partial charge is 0.299 e. The van der Waals surface area contributed by atoms with E-state index < -0.39 is 0 Å². The molecule has 3 nitrogen and oxygen atoms in total. The number of ketones is 1. The Morgan fingerprint density at radius 2 is 1.55 bits per heavy atom. The predicted octanol–water partition coefficient (Wildman–Crippen LogP) is 8.20. The minimum absolute atomic E-state index is 0.196. The van der Waals surface area contributed by atoms with Crippen LogP contribution in [0.2, 0.25) is 0 Å². The van der Waals surface area contributed by atoms with E-state index >= 15 is 0 Å². The number of carbonyl (C=O) groups excluding carboxylic acids is 1. The molecule has 40 heavy (non-hydrogen) atoms. The van der Waals surface area contributed by atoms with E-state index in [1.807, 2.05) is 0 Å². The number of fused-ring (bicyclic) bond motifs is 1. The predicted molar refractivity (Wildman–Crippen MR) is 167 cm³/mol. The molecule has 2 aliphatic rings. The van der Waals surface area contributed by atoms with Crippen molar-refractivity contribution in [3.8, 4) is 0 Å². The van der Waals surface area contributed by atoms with Crippen molar-refractivity contribution in [2.75, 3.05) is 19.6 Å². The Hall–Kier alpha value is -2.75. The summed E-state index contributed by atoms with van der Waals surface area (Å²) in [5.74, 6) is 1.07. The van der Waals surface area contributed by atoms with Gasteiger partial charge in [0.1, 0.15) is 0 Å². The Morgan fingerprint density at radius 1 is 0.800 bits per heavy atom. The molecule has 0 atom stereocenters. The van der Waals surface area contributed by atoms with Crippen molar-refractivity contribution in [1.29, 1.82) is 0 Å². The molecule has 5 rings (SSSR count). The maximum Gasteiger partial charge on any atom is 0.162 e. The second kappa shape index (κ2) is 13.3. The summed E-state index contributed by atoms with van der Waals surface area (Å²) in [6.07, 6.45) is 7.65. The van der Waals surface area contributed by atoms with Crippen LogP contribution >= 0.6 is 0 Å². The summed E-state index contributed by atoms with van der Waals surface area (Å²) in [6, 6.07) is 26.4. The van der Waals surface area contributed by atoms with E-state index in [0.29, 0.717) is 12.2 Å². The molecule has 0 N–H and O–H groups in total. The highest BCUT2D eigenvalue weighted by atomic mass is 16.1. The van der Waals surface area contributed by atoms with Gasteiger partial charge in [-0.2, -0.15) is 0 Å². The fourth-order valence-electron chi connectivity index (χ4n) is 6.50. The Kier molecular flexibility index (Phi) is 9.55. The molecular formula is C37H48N2O. The van der Waals surface area contributed by atoms with Crippen LogP contribution < -0.4 is 0 Å². The number of likely N-dealkylation sites (tertiary alicyclic amines) is 1. The number of piperidine rings is 1. The molecule has 0 bridgehead atoms. The highest BCUT2D eigenvalue weighted by molar-refractivity contribution is 5.96. The lowest BCUT2D eigenvalue weighted by atomic mass is 9.86. The molecule has 0 saturated carbocycles. The number of hydrogen-bond donors (Lipinski definition) is 0. The van der Waals surface area contributed by atoms with Gasteiger partial charge in [0.2, 0.25) is 0 Å². The van der Waals surface area contributed by atoms with E-state index in [2.05, 4.69) is 103 Å². The van der Waals surface area contributed by atoms with Gasteiger partial charge in [-0.1, -0.05) is 87.5 Å². The van der Waals surface area contributed by atoms with Gasteiger partial charge < -0.3 is 0 Å². The number of aryl methyl sites for hydroxylation is 1. The normalized spacial score (nSPS) is 17.4. The van der Waals surface area contributed by atoms with Gasteiger partial charge in [-0.05, 0) is 103 Å². The maximum absolute atomic E-state index is 13.2.